The number of hydrogen-bond donors (Lipinski definition) is 0. The first kappa shape index (κ1) is 16.5. The third-order valence-corrected chi connectivity index (χ3v) is 5.31. The molecular weight excluding hydrogens is 314 g/mol. The van der Waals surface area contributed by atoms with Gasteiger partial charge in [0, 0.05) is 36.6 Å². The third kappa shape index (κ3) is 3.02. The highest BCUT2D eigenvalue weighted by molar-refractivity contribution is 6.07. The molecule has 3 heterocycles. The molecule has 5 heteroatoms. The zero-order chi connectivity index (χ0) is 17.6. The Morgan fingerprint density at radius 1 is 1.20 bits per heavy atom. The van der Waals surface area contributed by atoms with Gasteiger partial charge in [-0.05, 0) is 32.5 Å². The number of benzene rings is 1. The maximum Gasteiger partial charge on any atom is 0.254 e. The van der Waals surface area contributed by atoms with Crippen molar-refractivity contribution in [2.75, 3.05) is 39.9 Å². The van der Waals surface area contributed by atoms with Gasteiger partial charge >= 0.3 is 0 Å². The number of pyridine rings is 1. The Hall–Kier alpha value is -1.98. The fraction of sp³-hybridized carbons (Fsp3) is 0.500. The number of likely N-dealkylation sites (N-methyl/N-ethyl adjacent to an activating group) is 1. The van der Waals surface area contributed by atoms with Crippen LogP contribution in [0.4, 0.5) is 0 Å². The molecule has 2 fully saturated rings. The first-order valence-corrected chi connectivity index (χ1v) is 8.97. The lowest BCUT2D eigenvalue weighted by molar-refractivity contribution is 0.0484. The summed E-state index contributed by atoms with van der Waals surface area (Å²) < 4.78 is 5.82. The predicted molar refractivity (Wildman–Crippen MR) is 97.8 cm³/mol. The van der Waals surface area contributed by atoms with E-state index in [2.05, 4.69) is 16.9 Å². The molecule has 5 nitrogen and oxygen atoms in total. The Balaban J connectivity index is 1.78. The summed E-state index contributed by atoms with van der Waals surface area (Å²) in [6.45, 7) is 7.97. The summed E-state index contributed by atoms with van der Waals surface area (Å²) in [6.07, 6.45) is 0. The van der Waals surface area contributed by atoms with Crippen molar-refractivity contribution in [3.8, 4) is 0 Å². The van der Waals surface area contributed by atoms with E-state index < -0.39 is 0 Å². The van der Waals surface area contributed by atoms with E-state index >= 15 is 0 Å². The summed E-state index contributed by atoms with van der Waals surface area (Å²) in [6, 6.07) is 8.10. The molecule has 1 aromatic heterocycles. The molecule has 2 atom stereocenters. The minimum absolute atomic E-state index is 0.108. The highest BCUT2D eigenvalue weighted by atomic mass is 16.5. The first-order chi connectivity index (χ1) is 12.0. The smallest absolute Gasteiger partial charge is 0.254 e. The summed E-state index contributed by atoms with van der Waals surface area (Å²) >= 11 is 0. The van der Waals surface area contributed by atoms with Crippen molar-refractivity contribution in [1.29, 1.82) is 0 Å². The van der Waals surface area contributed by atoms with Crippen LogP contribution in [0.25, 0.3) is 10.9 Å². The van der Waals surface area contributed by atoms with Gasteiger partial charge in [0.1, 0.15) is 0 Å². The Morgan fingerprint density at radius 3 is 2.88 bits per heavy atom. The van der Waals surface area contributed by atoms with Crippen LogP contribution in [0.15, 0.2) is 24.3 Å². The molecule has 2 saturated heterocycles. The van der Waals surface area contributed by atoms with Crippen LogP contribution in [0.5, 0.6) is 0 Å². The molecule has 0 radical (unpaired) electrons. The van der Waals surface area contributed by atoms with Crippen LogP contribution in [-0.4, -0.2) is 66.6 Å². The molecule has 2 aliphatic rings. The Kier molecular flexibility index (Phi) is 4.21. The van der Waals surface area contributed by atoms with Gasteiger partial charge < -0.3 is 14.5 Å². The molecule has 0 unspecified atom stereocenters. The molecule has 25 heavy (non-hydrogen) atoms. The zero-order valence-corrected chi connectivity index (χ0v) is 15.2. The van der Waals surface area contributed by atoms with Crippen LogP contribution in [-0.2, 0) is 4.74 Å². The molecule has 0 saturated carbocycles. The fourth-order valence-electron chi connectivity index (χ4n) is 4.18. The van der Waals surface area contributed by atoms with E-state index in [4.69, 9.17) is 4.74 Å². The standard InChI is InChI=1S/C20H25N3O2/c1-13-5-4-6-17-18(7-14(2)21-19(13)17)20(24)23-9-15-8-22(3)10-16(23)12-25-11-15/h4-7,15-16H,8-12H2,1-3H3/t15-,16-/m0/s1. The van der Waals surface area contributed by atoms with Gasteiger partial charge in [-0.25, -0.2) is 0 Å². The highest BCUT2D eigenvalue weighted by Gasteiger charge is 2.35. The monoisotopic (exact) mass is 339 g/mol. The van der Waals surface area contributed by atoms with E-state index in [1.165, 1.54) is 0 Å². The lowest BCUT2D eigenvalue weighted by atomic mass is 10.0. The van der Waals surface area contributed by atoms with Gasteiger partial charge in [-0.1, -0.05) is 18.2 Å². The number of aryl methyl sites for hydroxylation is 2. The van der Waals surface area contributed by atoms with Crippen LogP contribution in [0.2, 0.25) is 0 Å². The van der Waals surface area contributed by atoms with Crippen LogP contribution in [0.1, 0.15) is 21.6 Å². The summed E-state index contributed by atoms with van der Waals surface area (Å²) in [5.41, 5.74) is 3.68. The van der Waals surface area contributed by atoms with Gasteiger partial charge in [-0.3, -0.25) is 9.78 Å². The second-order valence-electron chi connectivity index (χ2n) is 7.52. The molecule has 0 N–H and O–H groups in total. The van der Waals surface area contributed by atoms with Gasteiger partial charge in [-0.15, -0.1) is 0 Å². The molecule has 2 bridgehead atoms. The number of amides is 1. The minimum Gasteiger partial charge on any atom is -0.379 e. The number of carbonyl (C=O) groups is 1. The minimum atomic E-state index is 0.108. The van der Waals surface area contributed by atoms with Gasteiger partial charge in [0.05, 0.1) is 30.3 Å². The second kappa shape index (κ2) is 6.39. The molecule has 0 aliphatic carbocycles. The van der Waals surface area contributed by atoms with Crippen molar-refractivity contribution in [2.24, 2.45) is 5.92 Å². The van der Waals surface area contributed by atoms with Crippen molar-refractivity contribution in [3.05, 3.63) is 41.1 Å². The van der Waals surface area contributed by atoms with Crippen LogP contribution < -0.4 is 0 Å². The van der Waals surface area contributed by atoms with Gasteiger partial charge in [0.25, 0.3) is 5.91 Å². The van der Waals surface area contributed by atoms with E-state index in [9.17, 15) is 4.79 Å². The average Bonchev–Trinajstić information content (AvgIpc) is 2.84. The van der Waals surface area contributed by atoms with E-state index in [-0.39, 0.29) is 11.9 Å². The summed E-state index contributed by atoms with van der Waals surface area (Å²) in [7, 11) is 2.13. The van der Waals surface area contributed by atoms with E-state index in [0.717, 1.165) is 54.0 Å². The maximum absolute atomic E-state index is 13.5. The summed E-state index contributed by atoms with van der Waals surface area (Å²) in [4.78, 5) is 22.5. The topological polar surface area (TPSA) is 45.7 Å². The Morgan fingerprint density at radius 2 is 2.04 bits per heavy atom. The van der Waals surface area contributed by atoms with E-state index in [0.29, 0.717) is 12.5 Å². The van der Waals surface area contributed by atoms with Crippen molar-refractivity contribution >= 4 is 16.8 Å². The normalized spacial score (nSPS) is 24.4. The van der Waals surface area contributed by atoms with Crippen LogP contribution in [0, 0.1) is 19.8 Å². The number of carbonyl (C=O) groups excluding carboxylic acids is 1. The number of fused-ring (bicyclic) bond motifs is 4. The quantitative estimate of drug-likeness (QED) is 0.799. The average molecular weight is 339 g/mol. The SMILES string of the molecule is Cc1cc(C(=O)N2C[C@H]3COC[C@@H]2CN(C)C3)c2cccc(C)c2n1. The molecule has 2 aliphatic heterocycles. The molecular formula is C20H25N3O2. The number of rotatable bonds is 1. The number of para-hydroxylation sites is 1. The van der Waals surface area contributed by atoms with E-state index in [1.807, 2.05) is 43.0 Å². The van der Waals surface area contributed by atoms with Crippen molar-refractivity contribution in [3.63, 3.8) is 0 Å². The first-order valence-electron chi connectivity index (χ1n) is 8.97. The van der Waals surface area contributed by atoms with Gasteiger partial charge in [0.15, 0.2) is 0 Å². The maximum atomic E-state index is 13.5. The largest absolute Gasteiger partial charge is 0.379 e. The number of aromatic nitrogens is 1. The van der Waals surface area contributed by atoms with Crippen molar-refractivity contribution < 1.29 is 9.53 Å². The molecule has 132 valence electrons. The predicted octanol–water partition coefficient (Wildman–Crippen LogP) is 2.25. The second-order valence-corrected chi connectivity index (χ2v) is 7.52. The lowest BCUT2D eigenvalue weighted by Crippen LogP contribution is -2.46. The van der Waals surface area contributed by atoms with E-state index in [1.54, 1.807) is 0 Å². The molecule has 1 amide bonds. The van der Waals surface area contributed by atoms with Crippen LogP contribution in [0.3, 0.4) is 0 Å². The third-order valence-electron chi connectivity index (χ3n) is 5.31. The van der Waals surface area contributed by atoms with Crippen molar-refractivity contribution in [1.82, 2.24) is 14.8 Å². The highest BCUT2D eigenvalue weighted by Crippen LogP contribution is 2.26. The molecule has 2 aromatic rings. The summed E-state index contributed by atoms with van der Waals surface area (Å²) in [5, 5.41) is 0.948. The fourth-order valence-corrected chi connectivity index (χ4v) is 4.18. The molecule has 1 aromatic carbocycles. The number of ether oxygens (including phenoxy) is 1. The lowest BCUT2D eigenvalue weighted by Gasteiger charge is -2.30. The Labute approximate surface area is 148 Å². The number of nitrogens with zero attached hydrogens (tertiary/aromatic N) is 3. The Bertz CT molecular complexity index is 820. The van der Waals surface area contributed by atoms with Gasteiger partial charge in [-0.2, -0.15) is 0 Å². The van der Waals surface area contributed by atoms with Crippen molar-refractivity contribution in [2.45, 2.75) is 19.9 Å². The molecule has 0 spiro atoms. The van der Waals surface area contributed by atoms with Gasteiger partial charge in [0.2, 0.25) is 0 Å². The zero-order valence-electron chi connectivity index (χ0n) is 15.2. The number of hydrogen-bond acceptors (Lipinski definition) is 4. The summed E-state index contributed by atoms with van der Waals surface area (Å²) in [5.74, 6) is 0.481. The van der Waals surface area contributed by atoms with Crippen LogP contribution >= 0.6 is 0 Å². The molecule has 4 rings (SSSR count).